The highest BCUT2D eigenvalue weighted by atomic mass is 35.5. The van der Waals surface area contributed by atoms with E-state index < -0.39 is 0 Å². The molecule has 0 amide bonds. The quantitative estimate of drug-likeness (QED) is 0.506. The van der Waals surface area contributed by atoms with Crippen LogP contribution < -0.4 is 14.8 Å². The van der Waals surface area contributed by atoms with Crippen molar-refractivity contribution in [3.8, 4) is 11.5 Å². The number of hydrogen-bond donors (Lipinski definition) is 1. The first-order chi connectivity index (χ1) is 13.5. The largest absolute Gasteiger partial charge is 0.493 e. The summed E-state index contributed by atoms with van der Waals surface area (Å²) in [4.78, 5) is 0. The number of halogens is 2. The predicted molar refractivity (Wildman–Crippen MR) is 112 cm³/mol. The van der Waals surface area contributed by atoms with Crippen LogP contribution >= 0.6 is 11.6 Å². The maximum Gasteiger partial charge on any atom is 0.166 e. The average molecular weight is 400 g/mol. The summed E-state index contributed by atoms with van der Waals surface area (Å²) in [6.45, 7) is 4.98. The van der Waals surface area contributed by atoms with Crippen molar-refractivity contribution < 1.29 is 13.9 Å². The Bertz CT molecular complexity index is 975. The number of para-hydroxylation sites is 1. The van der Waals surface area contributed by atoms with Crippen molar-refractivity contribution >= 4 is 17.3 Å². The minimum absolute atomic E-state index is 0.218. The van der Waals surface area contributed by atoms with E-state index in [1.54, 1.807) is 13.2 Å². The molecule has 28 heavy (non-hydrogen) atoms. The fourth-order valence-corrected chi connectivity index (χ4v) is 3.08. The number of hydrogen-bond acceptors (Lipinski definition) is 3. The molecule has 0 aliphatic carbocycles. The van der Waals surface area contributed by atoms with E-state index in [2.05, 4.69) is 37.4 Å². The van der Waals surface area contributed by atoms with E-state index in [4.69, 9.17) is 21.1 Å². The summed E-state index contributed by atoms with van der Waals surface area (Å²) in [6.07, 6.45) is 0. The molecule has 1 N–H and O–H groups in total. The van der Waals surface area contributed by atoms with Crippen molar-refractivity contribution in [3.05, 3.63) is 87.7 Å². The molecule has 0 radical (unpaired) electrons. The van der Waals surface area contributed by atoms with E-state index in [1.807, 2.05) is 18.2 Å². The third-order valence-corrected chi connectivity index (χ3v) is 5.01. The molecule has 0 fully saturated rings. The van der Waals surface area contributed by atoms with Gasteiger partial charge in [-0.15, -0.1) is 0 Å². The van der Waals surface area contributed by atoms with Gasteiger partial charge in [0.05, 0.1) is 12.1 Å². The van der Waals surface area contributed by atoms with Gasteiger partial charge in [0.1, 0.15) is 12.4 Å². The lowest BCUT2D eigenvalue weighted by atomic mass is 10.1. The molecule has 0 saturated heterocycles. The van der Waals surface area contributed by atoms with Crippen LogP contribution in [-0.2, 0) is 13.2 Å². The Balaban J connectivity index is 1.78. The molecular formula is C23H23ClFNO2. The number of ether oxygens (including phenoxy) is 2. The third kappa shape index (κ3) is 4.76. The number of aryl methyl sites for hydroxylation is 2. The van der Waals surface area contributed by atoms with Gasteiger partial charge in [-0.05, 0) is 55.3 Å². The second-order valence-corrected chi connectivity index (χ2v) is 7.03. The number of anilines is 1. The zero-order valence-electron chi connectivity index (χ0n) is 16.2. The average Bonchev–Trinajstić information content (AvgIpc) is 2.68. The van der Waals surface area contributed by atoms with Crippen LogP contribution in [0.4, 0.5) is 10.1 Å². The molecule has 0 atom stereocenters. The molecule has 0 aromatic heterocycles. The lowest BCUT2D eigenvalue weighted by Crippen LogP contribution is -2.06. The molecule has 0 heterocycles. The molecule has 0 aliphatic rings. The monoisotopic (exact) mass is 399 g/mol. The van der Waals surface area contributed by atoms with Crippen LogP contribution in [0.3, 0.4) is 0 Å². The molecule has 0 saturated carbocycles. The summed E-state index contributed by atoms with van der Waals surface area (Å²) in [6, 6.07) is 16.3. The Morgan fingerprint density at radius 2 is 1.79 bits per heavy atom. The number of benzene rings is 3. The smallest absolute Gasteiger partial charge is 0.166 e. The molecule has 0 spiro atoms. The molecule has 3 aromatic rings. The topological polar surface area (TPSA) is 30.5 Å². The molecule has 3 rings (SSSR count). The Kier molecular flexibility index (Phi) is 6.42. The van der Waals surface area contributed by atoms with E-state index in [9.17, 15) is 4.39 Å². The first-order valence-corrected chi connectivity index (χ1v) is 9.39. The molecule has 0 aliphatic heterocycles. The van der Waals surface area contributed by atoms with Gasteiger partial charge in [-0.2, -0.15) is 0 Å². The second kappa shape index (κ2) is 8.98. The minimum atomic E-state index is -0.371. The molecule has 3 aromatic carbocycles. The molecule has 5 heteroatoms. The first kappa shape index (κ1) is 20.0. The molecule has 0 bridgehead atoms. The summed E-state index contributed by atoms with van der Waals surface area (Å²) in [5.74, 6) is 0.906. The van der Waals surface area contributed by atoms with Crippen molar-refractivity contribution in [1.82, 2.24) is 0 Å². The van der Waals surface area contributed by atoms with Gasteiger partial charge in [-0.25, -0.2) is 4.39 Å². The fraction of sp³-hybridized carbons (Fsp3) is 0.217. The number of nitrogens with one attached hydrogen (secondary N) is 1. The Morgan fingerprint density at radius 3 is 2.50 bits per heavy atom. The van der Waals surface area contributed by atoms with E-state index in [0.717, 1.165) is 11.3 Å². The van der Waals surface area contributed by atoms with E-state index in [1.165, 1.54) is 23.3 Å². The highest BCUT2D eigenvalue weighted by Gasteiger charge is 2.12. The van der Waals surface area contributed by atoms with Crippen LogP contribution in [0.25, 0.3) is 0 Å². The lowest BCUT2D eigenvalue weighted by Gasteiger charge is -2.17. The SMILES string of the molecule is COc1cccc(CNc2ccc(C)c(C)c2)c1OCc1ccc(F)cc1Cl. The summed E-state index contributed by atoms with van der Waals surface area (Å²) in [5.41, 5.74) is 5.20. The zero-order chi connectivity index (χ0) is 20.1. The summed E-state index contributed by atoms with van der Waals surface area (Å²) >= 11 is 6.11. The molecular weight excluding hydrogens is 377 g/mol. The lowest BCUT2D eigenvalue weighted by molar-refractivity contribution is 0.281. The van der Waals surface area contributed by atoms with Crippen LogP contribution in [0.2, 0.25) is 5.02 Å². The van der Waals surface area contributed by atoms with Crippen LogP contribution in [0.1, 0.15) is 22.3 Å². The van der Waals surface area contributed by atoms with E-state index in [-0.39, 0.29) is 12.4 Å². The van der Waals surface area contributed by atoms with Gasteiger partial charge >= 0.3 is 0 Å². The van der Waals surface area contributed by atoms with Crippen molar-refractivity contribution in [2.75, 3.05) is 12.4 Å². The Labute approximate surface area is 170 Å². The molecule has 146 valence electrons. The standard InChI is InChI=1S/C23H23ClFNO2/c1-15-7-10-20(11-16(15)2)26-13-17-5-4-6-22(27-3)23(17)28-14-18-8-9-19(25)12-21(18)24/h4-12,26H,13-14H2,1-3H3. The number of rotatable bonds is 7. The minimum Gasteiger partial charge on any atom is -0.493 e. The maximum absolute atomic E-state index is 13.3. The van der Waals surface area contributed by atoms with Crippen LogP contribution in [0, 0.1) is 19.7 Å². The van der Waals surface area contributed by atoms with E-state index in [0.29, 0.717) is 28.6 Å². The van der Waals surface area contributed by atoms with Crippen LogP contribution in [-0.4, -0.2) is 7.11 Å². The van der Waals surface area contributed by atoms with Gasteiger partial charge in [0.15, 0.2) is 11.5 Å². The normalized spacial score (nSPS) is 10.6. The van der Waals surface area contributed by atoms with Crippen molar-refractivity contribution in [2.24, 2.45) is 0 Å². The molecule has 3 nitrogen and oxygen atoms in total. The maximum atomic E-state index is 13.3. The van der Waals surface area contributed by atoms with Crippen molar-refractivity contribution in [3.63, 3.8) is 0 Å². The highest BCUT2D eigenvalue weighted by molar-refractivity contribution is 6.31. The van der Waals surface area contributed by atoms with Crippen LogP contribution in [0.5, 0.6) is 11.5 Å². The van der Waals surface area contributed by atoms with E-state index >= 15 is 0 Å². The second-order valence-electron chi connectivity index (χ2n) is 6.63. The van der Waals surface area contributed by atoms with Gasteiger partial charge in [0, 0.05) is 23.4 Å². The Morgan fingerprint density at radius 1 is 0.964 bits per heavy atom. The van der Waals surface area contributed by atoms with Crippen molar-refractivity contribution in [1.29, 1.82) is 0 Å². The fourth-order valence-electron chi connectivity index (χ4n) is 2.86. The van der Waals surface area contributed by atoms with Gasteiger partial charge < -0.3 is 14.8 Å². The predicted octanol–water partition coefficient (Wildman–Crippen LogP) is 6.30. The number of methoxy groups -OCH3 is 1. The van der Waals surface area contributed by atoms with Gasteiger partial charge in [0.2, 0.25) is 0 Å². The summed E-state index contributed by atoms with van der Waals surface area (Å²) < 4.78 is 24.7. The highest BCUT2D eigenvalue weighted by Crippen LogP contribution is 2.33. The summed E-state index contributed by atoms with van der Waals surface area (Å²) in [7, 11) is 1.60. The Hall–Kier alpha value is -2.72. The van der Waals surface area contributed by atoms with Gasteiger partial charge in [0.25, 0.3) is 0 Å². The van der Waals surface area contributed by atoms with Crippen LogP contribution in [0.15, 0.2) is 54.6 Å². The van der Waals surface area contributed by atoms with Gasteiger partial charge in [-0.3, -0.25) is 0 Å². The van der Waals surface area contributed by atoms with Crippen molar-refractivity contribution in [2.45, 2.75) is 27.0 Å². The first-order valence-electron chi connectivity index (χ1n) is 9.01. The third-order valence-electron chi connectivity index (χ3n) is 4.66. The molecule has 0 unspecified atom stereocenters. The van der Waals surface area contributed by atoms with Gasteiger partial charge in [-0.1, -0.05) is 35.9 Å². The zero-order valence-corrected chi connectivity index (χ0v) is 16.9. The summed E-state index contributed by atoms with van der Waals surface area (Å²) in [5, 5.41) is 3.76.